The van der Waals surface area contributed by atoms with Crippen LogP contribution in [0, 0.1) is 5.92 Å². The number of rotatable bonds is 4. The zero-order valence-electron chi connectivity index (χ0n) is 12.0. The molecule has 19 heavy (non-hydrogen) atoms. The van der Waals surface area contributed by atoms with Crippen LogP contribution in [0.4, 0.5) is 0 Å². The molecule has 1 heterocycles. The number of piperidine rings is 1. The van der Waals surface area contributed by atoms with Crippen molar-refractivity contribution in [2.45, 2.75) is 69.5 Å². The SMILES string of the molecule is CC1CCN(C2CCC(NC3CC3)(C(N)=O)C2)CC1. The van der Waals surface area contributed by atoms with Crippen LogP contribution >= 0.6 is 0 Å². The number of primary amides is 1. The first-order valence-electron chi connectivity index (χ1n) is 7.91. The Kier molecular flexibility index (Phi) is 3.56. The summed E-state index contributed by atoms with van der Waals surface area (Å²) in [4.78, 5) is 14.5. The Balaban J connectivity index is 1.62. The monoisotopic (exact) mass is 265 g/mol. The molecule has 3 N–H and O–H groups in total. The van der Waals surface area contributed by atoms with Crippen LogP contribution in [0.25, 0.3) is 0 Å². The van der Waals surface area contributed by atoms with Crippen molar-refractivity contribution >= 4 is 5.91 Å². The van der Waals surface area contributed by atoms with Crippen LogP contribution in [0.15, 0.2) is 0 Å². The second-order valence-electron chi connectivity index (χ2n) is 6.98. The largest absolute Gasteiger partial charge is 0.368 e. The van der Waals surface area contributed by atoms with Crippen LogP contribution in [-0.4, -0.2) is 41.5 Å². The number of nitrogens with two attached hydrogens (primary N) is 1. The zero-order chi connectivity index (χ0) is 13.5. The van der Waals surface area contributed by atoms with Gasteiger partial charge in [-0.3, -0.25) is 4.79 Å². The van der Waals surface area contributed by atoms with Gasteiger partial charge in [-0.1, -0.05) is 6.92 Å². The van der Waals surface area contributed by atoms with E-state index in [1.807, 2.05) is 0 Å². The fraction of sp³-hybridized carbons (Fsp3) is 0.933. The molecule has 0 aromatic carbocycles. The van der Waals surface area contributed by atoms with Crippen molar-refractivity contribution in [3.8, 4) is 0 Å². The van der Waals surface area contributed by atoms with E-state index < -0.39 is 5.54 Å². The summed E-state index contributed by atoms with van der Waals surface area (Å²) in [5.74, 6) is 0.732. The highest BCUT2D eigenvalue weighted by atomic mass is 16.1. The molecule has 108 valence electrons. The lowest BCUT2D eigenvalue weighted by Gasteiger charge is -2.36. The lowest BCUT2D eigenvalue weighted by Crippen LogP contribution is -2.55. The number of hydrogen-bond donors (Lipinski definition) is 2. The number of nitrogens with zero attached hydrogens (tertiary/aromatic N) is 1. The fourth-order valence-corrected chi connectivity index (χ4v) is 3.77. The first-order valence-corrected chi connectivity index (χ1v) is 7.91. The second-order valence-corrected chi connectivity index (χ2v) is 6.98. The number of hydrogen-bond acceptors (Lipinski definition) is 3. The van der Waals surface area contributed by atoms with Gasteiger partial charge in [0.05, 0.1) is 5.54 Å². The van der Waals surface area contributed by atoms with Crippen molar-refractivity contribution in [3.63, 3.8) is 0 Å². The molecule has 3 aliphatic rings. The van der Waals surface area contributed by atoms with Gasteiger partial charge in [0.15, 0.2) is 0 Å². The molecule has 0 aromatic rings. The highest BCUT2D eigenvalue weighted by Gasteiger charge is 2.48. The van der Waals surface area contributed by atoms with E-state index in [1.54, 1.807) is 0 Å². The van der Waals surface area contributed by atoms with Crippen molar-refractivity contribution < 1.29 is 4.79 Å². The Labute approximate surface area is 116 Å². The Morgan fingerprint density at radius 1 is 1.21 bits per heavy atom. The van der Waals surface area contributed by atoms with Crippen molar-refractivity contribution in [2.75, 3.05) is 13.1 Å². The van der Waals surface area contributed by atoms with Crippen LogP contribution in [-0.2, 0) is 4.79 Å². The predicted molar refractivity (Wildman–Crippen MR) is 75.7 cm³/mol. The molecule has 4 nitrogen and oxygen atoms in total. The summed E-state index contributed by atoms with van der Waals surface area (Å²) in [5.41, 5.74) is 5.29. The summed E-state index contributed by atoms with van der Waals surface area (Å²) in [6.07, 6.45) is 7.99. The summed E-state index contributed by atoms with van der Waals surface area (Å²) < 4.78 is 0. The zero-order valence-corrected chi connectivity index (χ0v) is 12.0. The molecule has 1 aliphatic heterocycles. The van der Waals surface area contributed by atoms with Gasteiger partial charge < -0.3 is 16.0 Å². The molecule has 0 bridgehead atoms. The van der Waals surface area contributed by atoms with Crippen LogP contribution in [0.5, 0.6) is 0 Å². The molecule has 2 unspecified atom stereocenters. The molecule has 0 radical (unpaired) electrons. The van der Waals surface area contributed by atoms with Gasteiger partial charge >= 0.3 is 0 Å². The van der Waals surface area contributed by atoms with Crippen molar-refractivity contribution in [1.82, 2.24) is 10.2 Å². The summed E-state index contributed by atoms with van der Waals surface area (Å²) in [5, 5.41) is 3.54. The lowest BCUT2D eigenvalue weighted by atomic mass is 9.94. The number of likely N-dealkylation sites (tertiary alicyclic amines) is 1. The van der Waals surface area contributed by atoms with E-state index in [1.165, 1.54) is 38.8 Å². The lowest BCUT2D eigenvalue weighted by molar-refractivity contribution is -0.124. The van der Waals surface area contributed by atoms with Gasteiger partial charge in [-0.15, -0.1) is 0 Å². The first-order chi connectivity index (χ1) is 9.09. The van der Waals surface area contributed by atoms with Gasteiger partial charge in [-0.05, 0) is 64.0 Å². The smallest absolute Gasteiger partial charge is 0.237 e. The summed E-state index contributed by atoms with van der Waals surface area (Å²) in [6.45, 7) is 4.74. The molecule has 4 heteroatoms. The van der Waals surface area contributed by atoms with Gasteiger partial charge in [0.25, 0.3) is 0 Å². The molecule has 2 atom stereocenters. The van der Waals surface area contributed by atoms with Gasteiger partial charge in [0, 0.05) is 12.1 Å². The predicted octanol–water partition coefficient (Wildman–Crippen LogP) is 1.25. The summed E-state index contributed by atoms with van der Waals surface area (Å²) in [7, 11) is 0. The number of amides is 1. The van der Waals surface area contributed by atoms with Gasteiger partial charge in [0.1, 0.15) is 0 Å². The topological polar surface area (TPSA) is 58.4 Å². The third kappa shape index (κ3) is 2.79. The molecule has 3 fully saturated rings. The second kappa shape index (κ2) is 5.06. The minimum absolute atomic E-state index is 0.132. The molecule has 2 saturated carbocycles. The van der Waals surface area contributed by atoms with E-state index in [4.69, 9.17) is 5.73 Å². The number of carbonyl (C=O) groups excluding carboxylic acids is 1. The van der Waals surface area contributed by atoms with E-state index in [9.17, 15) is 4.79 Å². The Morgan fingerprint density at radius 2 is 1.89 bits per heavy atom. The molecule has 1 saturated heterocycles. The maximum Gasteiger partial charge on any atom is 0.237 e. The quantitative estimate of drug-likeness (QED) is 0.804. The summed E-state index contributed by atoms with van der Waals surface area (Å²) >= 11 is 0. The van der Waals surface area contributed by atoms with E-state index in [2.05, 4.69) is 17.1 Å². The molecule has 0 aromatic heterocycles. The molecular formula is C15H27N3O. The average Bonchev–Trinajstić information content (AvgIpc) is 3.08. The van der Waals surface area contributed by atoms with Crippen molar-refractivity contribution in [3.05, 3.63) is 0 Å². The van der Waals surface area contributed by atoms with Crippen LogP contribution < -0.4 is 11.1 Å². The Hall–Kier alpha value is -0.610. The molecule has 2 aliphatic carbocycles. The van der Waals surface area contributed by atoms with Gasteiger partial charge in [-0.25, -0.2) is 0 Å². The van der Waals surface area contributed by atoms with Crippen LogP contribution in [0.2, 0.25) is 0 Å². The fourth-order valence-electron chi connectivity index (χ4n) is 3.77. The maximum atomic E-state index is 11.9. The van der Waals surface area contributed by atoms with Crippen molar-refractivity contribution in [2.24, 2.45) is 11.7 Å². The first kappa shape index (κ1) is 13.4. The molecular weight excluding hydrogens is 238 g/mol. The van der Waals surface area contributed by atoms with Crippen molar-refractivity contribution in [1.29, 1.82) is 0 Å². The molecule has 0 spiro atoms. The normalized spacial score (nSPS) is 37.6. The third-order valence-corrected chi connectivity index (χ3v) is 5.35. The molecule has 1 amide bonds. The minimum Gasteiger partial charge on any atom is -0.368 e. The average molecular weight is 265 g/mol. The number of nitrogens with one attached hydrogen (secondary N) is 1. The Morgan fingerprint density at radius 3 is 2.47 bits per heavy atom. The van der Waals surface area contributed by atoms with E-state index in [0.29, 0.717) is 12.1 Å². The minimum atomic E-state index is -0.408. The maximum absolute atomic E-state index is 11.9. The van der Waals surface area contributed by atoms with Gasteiger partial charge in [-0.2, -0.15) is 0 Å². The molecule has 3 rings (SSSR count). The summed E-state index contributed by atoms with van der Waals surface area (Å²) in [6, 6.07) is 1.11. The van der Waals surface area contributed by atoms with E-state index in [0.717, 1.165) is 25.2 Å². The van der Waals surface area contributed by atoms with Crippen LogP contribution in [0.3, 0.4) is 0 Å². The van der Waals surface area contributed by atoms with E-state index >= 15 is 0 Å². The van der Waals surface area contributed by atoms with Crippen LogP contribution in [0.1, 0.15) is 51.9 Å². The van der Waals surface area contributed by atoms with E-state index in [-0.39, 0.29) is 5.91 Å². The highest BCUT2D eigenvalue weighted by Crippen LogP contribution is 2.37. The standard InChI is InChI=1S/C15H27N3O/c1-11-5-8-18(9-6-11)13-4-7-15(10-13,14(16)19)17-12-2-3-12/h11-13,17H,2-10H2,1H3,(H2,16,19). The highest BCUT2D eigenvalue weighted by molar-refractivity contribution is 5.85. The number of carbonyl (C=O) groups is 1. The van der Waals surface area contributed by atoms with Gasteiger partial charge in [0.2, 0.25) is 5.91 Å². The third-order valence-electron chi connectivity index (χ3n) is 5.35. The Bertz CT molecular complexity index is 347.